The van der Waals surface area contributed by atoms with E-state index in [-0.39, 0.29) is 24.7 Å². The number of hydrogen-bond donors (Lipinski definition) is 2. The Balaban J connectivity index is 2.06. The highest BCUT2D eigenvalue weighted by Gasteiger charge is 2.15. The number of thiazole rings is 1. The van der Waals surface area contributed by atoms with Crippen molar-refractivity contribution in [3.63, 3.8) is 0 Å². The Labute approximate surface area is 143 Å². The van der Waals surface area contributed by atoms with Crippen LogP contribution in [0, 0.1) is 12.8 Å². The van der Waals surface area contributed by atoms with Gasteiger partial charge < -0.3 is 10.4 Å². The van der Waals surface area contributed by atoms with E-state index in [4.69, 9.17) is 16.7 Å². The number of nitrogens with zero attached hydrogens (tertiary/aromatic N) is 1. The van der Waals surface area contributed by atoms with Gasteiger partial charge in [-0.25, -0.2) is 4.98 Å². The van der Waals surface area contributed by atoms with E-state index >= 15 is 0 Å². The highest BCUT2D eigenvalue weighted by molar-refractivity contribution is 7.16. The lowest BCUT2D eigenvalue weighted by atomic mass is 10.0. The molecule has 0 saturated carbocycles. The summed E-state index contributed by atoms with van der Waals surface area (Å²) in [5, 5.41) is 12.6. The molecule has 0 fully saturated rings. The zero-order valence-electron chi connectivity index (χ0n) is 12.8. The number of amides is 1. The lowest BCUT2D eigenvalue weighted by Crippen LogP contribution is -2.16. The lowest BCUT2D eigenvalue weighted by molar-refractivity contribution is -0.138. The van der Waals surface area contributed by atoms with Crippen LogP contribution in [0.3, 0.4) is 0 Å². The number of benzene rings is 1. The molecule has 1 heterocycles. The summed E-state index contributed by atoms with van der Waals surface area (Å²) < 4.78 is 0. The minimum absolute atomic E-state index is 0.0297. The van der Waals surface area contributed by atoms with Gasteiger partial charge in [-0.15, -0.1) is 11.3 Å². The Morgan fingerprint density at radius 2 is 2.13 bits per heavy atom. The number of nitrogens with one attached hydrogen (secondary N) is 1. The Kier molecular flexibility index (Phi) is 5.74. The SMILES string of the molecule is Cc1sc(NC(=O)C[C@@H](C)CC(=O)O)nc1-c1cccc(Cl)c1. The van der Waals surface area contributed by atoms with Gasteiger partial charge in [0, 0.05) is 28.3 Å². The first kappa shape index (κ1) is 17.4. The third kappa shape index (κ3) is 5.04. The van der Waals surface area contributed by atoms with Crippen LogP contribution in [0.25, 0.3) is 11.3 Å². The molecular weight excluding hydrogens is 336 g/mol. The van der Waals surface area contributed by atoms with Crippen molar-refractivity contribution in [3.05, 3.63) is 34.2 Å². The third-order valence-electron chi connectivity index (χ3n) is 3.20. The van der Waals surface area contributed by atoms with Gasteiger partial charge in [0.2, 0.25) is 5.91 Å². The summed E-state index contributed by atoms with van der Waals surface area (Å²) in [4.78, 5) is 28.0. The maximum Gasteiger partial charge on any atom is 0.303 e. The molecule has 1 amide bonds. The van der Waals surface area contributed by atoms with E-state index in [1.165, 1.54) is 11.3 Å². The summed E-state index contributed by atoms with van der Waals surface area (Å²) in [6, 6.07) is 7.38. The van der Waals surface area contributed by atoms with Crippen LogP contribution in [0.5, 0.6) is 0 Å². The van der Waals surface area contributed by atoms with Crippen LogP contribution >= 0.6 is 22.9 Å². The summed E-state index contributed by atoms with van der Waals surface area (Å²) in [6.45, 7) is 3.66. The van der Waals surface area contributed by atoms with E-state index in [2.05, 4.69) is 10.3 Å². The van der Waals surface area contributed by atoms with Crippen LogP contribution < -0.4 is 5.32 Å². The number of anilines is 1. The van der Waals surface area contributed by atoms with Crippen molar-refractivity contribution >= 4 is 39.9 Å². The number of aryl methyl sites for hydroxylation is 1. The smallest absolute Gasteiger partial charge is 0.303 e. The number of aliphatic carboxylic acids is 1. The van der Waals surface area contributed by atoms with E-state index in [9.17, 15) is 9.59 Å². The fourth-order valence-electron chi connectivity index (χ4n) is 2.21. The van der Waals surface area contributed by atoms with Crippen molar-refractivity contribution in [1.29, 1.82) is 0 Å². The zero-order chi connectivity index (χ0) is 17.0. The van der Waals surface area contributed by atoms with Gasteiger partial charge in [-0.3, -0.25) is 9.59 Å². The molecule has 2 aromatic rings. The van der Waals surface area contributed by atoms with Crippen molar-refractivity contribution in [3.8, 4) is 11.3 Å². The van der Waals surface area contributed by atoms with Crippen LogP contribution in [0.4, 0.5) is 5.13 Å². The predicted octanol–water partition coefficient (Wildman–Crippen LogP) is 4.21. The summed E-state index contributed by atoms with van der Waals surface area (Å²) in [5.74, 6) is -1.36. The molecule has 1 aromatic heterocycles. The van der Waals surface area contributed by atoms with Crippen molar-refractivity contribution in [2.24, 2.45) is 5.92 Å². The van der Waals surface area contributed by atoms with Crippen LogP contribution in [0.2, 0.25) is 5.02 Å². The average molecular weight is 353 g/mol. The molecular formula is C16H17ClN2O3S. The summed E-state index contributed by atoms with van der Waals surface area (Å²) in [5.41, 5.74) is 1.68. The Hall–Kier alpha value is -1.92. The van der Waals surface area contributed by atoms with Gasteiger partial charge in [0.25, 0.3) is 0 Å². The molecule has 0 aliphatic rings. The van der Waals surface area contributed by atoms with Gasteiger partial charge in [-0.2, -0.15) is 0 Å². The van der Waals surface area contributed by atoms with Crippen molar-refractivity contribution in [1.82, 2.24) is 4.98 Å². The van der Waals surface area contributed by atoms with Gasteiger partial charge in [-0.05, 0) is 25.0 Å². The molecule has 0 aliphatic carbocycles. The first-order chi connectivity index (χ1) is 10.8. The molecule has 7 heteroatoms. The second-order valence-electron chi connectivity index (χ2n) is 5.39. The normalized spacial score (nSPS) is 12.0. The largest absolute Gasteiger partial charge is 0.481 e. The molecule has 0 bridgehead atoms. The van der Waals surface area contributed by atoms with Gasteiger partial charge in [0.15, 0.2) is 5.13 Å². The molecule has 0 saturated heterocycles. The summed E-state index contributed by atoms with van der Waals surface area (Å²) in [6.07, 6.45) is 0.121. The molecule has 23 heavy (non-hydrogen) atoms. The van der Waals surface area contributed by atoms with Gasteiger partial charge in [0.1, 0.15) is 0 Å². The highest BCUT2D eigenvalue weighted by atomic mass is 35.5. The third-order valence-corrected chi connectivity index (χ3v) is 4.32. The predicted molar refractivity (Wildman–Crippen MR) is 92.0 cm³/mol. The maximum atomic E-state index is 12.0. The molecule has 2 rings (SSSR count). The molecule has 0 unspecified atom stereocenters. The molecule has 5 nitrogen and oxygen atoms in total. The Bertz CT molecular complexity index is 730. The van der Waals surface area contributed by atoms with Crippen molar-refractivity contribution in [2.45, 2.75) is 26.7 Å². The summed E-state index contributed by atoms with van der Waals surface area (Å²) >= 11 is 7.38. The number of carboxylic acids is 1. The number of halogens is 1. The number of carbonyl (C=O) groups is 2. The number of carboxylic acid groups (broad SMARTS) is 1. The minimum atomic E-state index is -0.904. The van der Waals surface area contributed by atoms with Crippen molar-refractivity contribution in [2.75, 3.05) is 5.32 Å². The molecule has 122 valence electrons. The van der Waals surface area contributed by atoms with Crippen LogP contribution in [-0.2, 0) is 9.59 Å². The monoisotopic (exact) mass is 352 g/mol. The topological polar surface area (TPSA) is 79.3 Å². The number of carbonyl (C=O) groups excluding carboxylic acids is 1. The summed E-state index contributed by atoms with van der Waals surface area (Å²) in [7, 11) is 0. The number of rotatable bonds is 6. The van der Waals surface area contributed by atoms with Gasteiger partial charge in [-0.1, -0.05) is 30.7 Å². The molecule has 0 aliphatic heterocycles. The van der Waals surface area contributed by atoms with E-state index in [0.717, 1.165) is 16.1 Å². The van der Waals surface area contributed by atoms with Gasteiger partial charge in [0.05, 0.1) is 5.69 Å². The van der Waals surface area contributed by atoms with E-state index in [0.29, 0.717) is 10.2 Å². The van der Waals surface area contributed by atoms with Crippen LogP contribution in [-0.4, -0.2) is 22.0 Å². The maximum absolute atomic E-state index is 12.0. The second-order valence-corrected chi connectivity index (χ2v) is 7.03. The fraction of sp³-hybridized carbons (Fsp3) is 0.312. The second kappa shape index (κ2) is 7.57. The van der Waals surface area contributed by atoms with Gasteiger partial charge >= 0.3 is 5.97 Å². The van der Waals surface area contributed by atoms with E-state index in [1.54, 1.807) is 13.0 Å². The standard InChI is InChI=1S/C16H17ClN2O3S/c1-9(7-14(21)22)6-13(20)18-16-19-15(10(2)23-16)11-4-3-5-12(17)8-11/h3-5,8-9H,6-7H2,1-2H3,(H,21,22)(H,18,19,20)/t9-/m1/s1. The first-order valence-electron chi connectivity index (χ1n) is 7.10. The van der Waals surface area contributed by atoms with Crippen molar-refractivity contribution < 1.29 is 14.7 Å². The molecule has 0 radical (unpaired) electrons. The lowest BCUT2D eigenvalue weighted by Gasteiger charge is -2.07. The van der Waals surface area contributed by atoms with E-state index < -0.39 is 5.97 Å². The minimum Gasteiger partial charge on any atom is -0.481 e. The molecule has 1 atom stereocenters. The quantitative estimate of drug-likeness (QED) is 0.816. The number of aromatic nitrogens is 1. The van der Waals surface area contributed by atoms with E-state index in [1.807, 2.05) is 25.1 Å². The zero-order valence-corrected chi connectivity index (χ0v) is 14.4. The Morgan fingerprint density at radius 3 is 2.78 bits per heavy atom. The molecule has 0 spiro atoms. The highest BCUT2D eigenvalue weighted by Crippen LogP contribution is 2.31. The molecule has 2 N–H and O–H groups in total. The average Bonchev–Trinajstić information content (AvgIpc) is 2.78. The number of hydrogen-bond acceptors (Lipinski definition) is 4. The Morgan fingerprint density at radius 1 is 1.39 bits per heavy atom. The van der Waals surface area contributed by atoms with Crippen LogP contribution in [0.1, 0.15) is 24.6 Å². The fourth-order valence-corrected chi connectivity index (χ4v) is 3.25. The van der Waals surface area contributed by atoms with Crippen LogP contribution in [0.15, 0.2) is 24.3 Å². The first-order valence-corrected chi connectivity index (χ1v) is 8.29. The molecule has 1 aromatic carbocycles.